The van der Waals surface area contributed by atoms with Gasteiger partial charge in [0.15, 0.2) is 17.4 Å². The van der Waals surface area contributed by atoms with Crippen LogP contribution in [0.3, 0.4) is 0 Å². The molecule has 0 unspecified atom stereocenters. The predicted octanol–water partition coefficient (Wildman–Crippen LogP) is 3.41. The van der Waals surface area contributed by atoms with Gasteiger partial charge in [0, 0.05) is 0 Å². The van der Waals surface area contributed by atoms with Crippen molar-refractivity contribution in [2.75, 3.05) is 0 Å². The highest BCUT2D eigenvalue weighted by molar-refractivity contribution is 9.09. The lowest BCUT2D eigenvalue weighted by Gasteiger charge is -1.90. The maximum atomic E-state index is 4.09. The van der Waals surface area contributed by atoms with Crippen molar-refractivity contribution in [3.05, 3.63) is 0 Å². The molecule has 80 valence electrons. The van der Waals surface area contributed by atoms with Crippen LogP contribution in [0.15, 0.2) is 17.4 Å². The van der Waals surface area contributed by atoms with Gasteiger partial charge in [-0.05, 0) is 31.4 Å². The van der Waals surface area contributed by atoms with E-state index in [9.17, 15) is 0 Å². The number of rotatable bonds is 4. The van der Waals surface area contributed by atoms with Crippen molar-refractivity contribution in [2.24, 2.45) is 0 Å². The van der Waals surface area contributed by atoms with E-state index in [1.54, 1.807) is 9.83 Å². The minimum Gasteiger partial charge on any atom is -0.131 e. The number of aromatic nitrogens is 4. The molecule has 0 aromatic carbocycles. The van der Waals surface area contributed by atoms with Crippen molar-refractivity contribution < 1.29 is 0 Å². The van der Waals surface area contributed by atoms with E-state index in [2.05, 4.69) is 45.7 Å². The largest absolute Gasteiger partial charge is 0.186 e. The molecule has 15 heavy (non-hydrogen) atoms. The normalized spacial score (nSPS) is 10.8. The van der Waals surface area contributed by atoms with Gasteiger partial charge in [-0.3, -0.25) is 0 Å². The van der Waals surface area contributed by atoms with Crippen LogP contribution < -0.4 is 0 Å². The molecule has 2 aromatic rings. The van der Waals surface area contributed by atoms with Crippen LogP contribution in [0.1, 0.15) is 0 Å². The zero-order valence-electron chi connectivity index (χ0n) is 6.72. The Labute approximate surface area is 116 Å². The standard InChI is InChI=1S/C4H2N4S7/c9-1-5-7-3(11-1)13-15-14-4-8-6-2(10)12-4/h(H,5,9)(H,6,10). The lowest BCUT2D eigenvalue weighted by atomic mass is 11.6. The quantitative estimate of drug-likeness (QED) is 0.658. The first kappa shape index (κ1) is 12.3. The molecule has 0 aliphatic carbocycles. The Morgan fingerprint density at radius 1 is 0.800 bits per heavy atom. The van der Waals surface area contributed by atoms with Gasteiger partial charge < -0.3 is 0 Å². The fraction of sp³-hybridized carbons (Fsp3) is 0. The van der Waals surface area contributed by atoms with E-state index in [0.717, 1.165) is 8.68 Å². The second-order valence-corrected chi connectivity index (χ2v) is 9.74. The van der Waals surface area contributed by atoms with Crippen molar-refractivity contribution in [3.63, 3.8) is 0 Å². The van der Waals surface area contributed by atoms with E-state index in [1.807, 2.05) is 0 Å². The first-order chi connectivity index (χ1) is 7.24. The van der Waals surface area contributed by atoms with Crippen molar-refractivity contribution in [2.45, 2.75) is 17.4 Å². The van der Waals surface area contributed by atoms with Gasteiger partial charge in [-0.15, -0.1) is 45.7 Å². The smallest absolute Gasteiger partial charge is 0.131 e. The monoisotopic (exact) mass is 330 g/mol. The van der Waals surface area contributed by atoms with Crippen LogP contribution in [0.2, 0.25) is 0 Å². The topological polar surface area (TPSA) is 51.6 Å². The van der Waals surface area contributed by atoms with Crippen LogP contribution in [0.4, 0.5) is 0 Å². The molecule has 0 amide bonds. The van der Waals surface area contributed by atoms with E-state index >= 15 is 0 Å². The molecule has 0 radical (unpaired) electrons. The molecule has 0 aliphatic rings. The fourth-order valence-electron chi connectivity index (χ4n) is 0.548. The minimum atomic E-state index is 0.677. The lowest BCUT2D eigenvalue weighted by molar-refractivity contribution is 0.959. The minimum absolute atomic E-state index is 0.677. The van der Waals surface area contributed by atoms with Crippen LogP contribution in [0.5, 0.6) is 0 Å². The summed E-state index contributed by atoms with van der Waals surface area (Å²) in [5.74, 6) is 0. The van der Waals surface area contributed by atoms with Crippen molar-refractivity contribution >= 4 is 79.3 Å². The highest BCUT2D eigenvalue weighted by Crippen LogP contribution is 2.46. The molecular formula is C4H2N4S7. The Morgan fingerprint density at radius 3 is 1.60 bits per heavy atom. The average Bonchev–Trinajstić information content (AvgIpc) is 2.76. The summed E-state index contributed by atoms with van der Waals surface area (Å²) in [6.07, 6.45) is 0. The maximum absolute atomic E-state index is 4.09. The van der Waals surface area contributed by atoms with Gasteiger partial charge in [-0.25, -0.2) is 0 Å². The summed E-state index contributed by atoms with van der Waals surface area (Å²) in [5.41, 5.74) is 0. The fourth-order valence-corrected chi connectivity index (χ4v) is 7.33. The molecule has 4 nitrogen and oxygen atoms in total. The number of thiol groups is 2. The Morgan fingerprint density at radius 2 is 1.27 bits per heavy atom. The SMILES string of the molecule is Sc1nnc(SSSc2nnc(S)s2)s1. The van der Waals surface area contributed by atoms with Gasteiger partial charge in [0.25, 0.3) is 0 Å². The van der Waals surface area contributed by atoms with Gasteiger partial charge in [0.05, 0.1) is 0 Å². The molecule has 0 aliphatic heterocycles. The van der Waals surface area contributed by atoms with Gasteiger partial charge in [0.1, 0.15) is 0 Å². The lowest BCUT2D eigenvalue weighted by Crippen LogP contribution is -1.67. The molecule has 2 aromatic heterocycles. The van der Waals surface area contributed by atoms with Crippen LogP contribution in [0.25, 0.3) is 0 Å². The van der Waals surface area contributed by atoms with Gasteiger partial charge in [0.2, 0.25) is 0 Å². The summed E-state index contributed by atoms with van der Waals surface area (Å²) in [6.45, 7) is 0. The maximum Gasteiger partial charge on any atom is 0.186 e. The van der Waals surface area contributed by atoms with Crippen molar-refractivity contribution in [1.82, 2.24) is 20.4 Å². The predicted molar refractivity (Wildman–Crippen MR) is 73.6 cm³/mol. The second-order valence-electron chi connectivity index (χ2n) is 1.94. The molecule has 0 N–H and O–H groups in total. The molecule has 0 saturated heterocycles. The van der Waals surface area contributed by atoms with Crippen LogP contribution in [-0.4, -0.2) is 20.4 Å². The summed E-state index contributed by atoms with van der Waals surface area (Å²) in [4.78, 5) is 0. The molecule has 0 atom stereocenters. The summed E-state index contributed by atoms with van der Waals surface area (Å²) < 4.78 is 3.12. The zero-order valence-corrected chi connectivity index (χ0v) is 12.6. The molecule has 0 fully saturated rings. The Balaban J connectivity index is 1.80. The van der Waals surface area contributed by atoms with Crippen LogP contribution in [0, 0.1) is 0 Å². The molecule has 2 heterocycles. The molecule has 2 rings (SSSR count). The number of nitrogens with zero attached hydrogens (tertiary/aromatic N) is 4. The van der Waals surface area contributed by atoms with Gasteiger partial charge in [-0.1, -0.05) is 22.7 Å². The average molecular weight is 331 g/mol. The van der Waals surface area contributed by atoms with E-state index in [0.29, 0.717) is 8.68 Å². The first-order valence-corrected chi connectivity index (χ1v) is 9.31. The van der Waals surface area contributed by atoms with E-state index < -0.39 is 0 Å². The highest BCUT2D eigenvalue weighted by atomic mass is 33.5. The molecule has 0 bridgehead atoms. The molecular weight excluding hydrogens is 329 g/mol. The van der Waals surface area contributed by atoms with E-state index in [-0.39, 0.29) is 0 Å². The third kappa shape index (κ3) is 3.98. The highest BCUT2D eigenvalue weighted by Gasteiger charge is 2.06. The van der Waals surface area contributed by atoms with Crippen molar-refractivity contribution in [1.29, 1.82) is 0 Å². The van der Waals surface area contributed by atoms with Gasteiger partial charge in [-0.2, -0.15) is 0 Å². The Kier molecular flexibility index (Phi) is 4.92. The first-order valence-electron chi connectivity index (χ1n) is 3.30. The van der Waals surface area contributed by atoms with Gasteiger partial charge >= 0.3 is 0 Å². The third-order valence-corrected chi connectivity index (χ3v) is 7.57. The summed E-state index contributed by atoms with van der Waals surface area (Å²) in [5, 5.41) is 15.4. The number of hydrogen-bond acceptors (Lipinski definition) is 11. The third-order valence-electron chi connectivity index (χ3n) is 1.00. The van der Waals surface area contributed by atoms with E-state index in [1.165, 1.54) is 44.3 Å². The number of hydrogen-bond donors (Lipinski definition) is 2. The summed E-state index contributed by atoms with van der Waals surface area (Å²) in [6, 6.07) is 0. The Bertz CT molecular complexity index is 397. The van der Waals surface area contributed by atoms with Crippen molar-refractivity contribution in [3.8, 4) is 0 Å². The second kappa shape index (κ2) is 5.98. The molecule has 11 heteroatoms. The van der Waals surface area contributed by atoms with Crippen LogP contribution in [-0.2, 0) is 0 Å². The van der Waals surface area contributed by atoms with Crippen LogP contribution >= 0.6 is 79.3 Å². The molecule has 0 spiro atoms. The summed E-state index contributed by atoms with van der Waals surface area (Å²) in [7, 11) is 4.64. The zero-order chi connectivity index (χ0) is 10.7. The summed E-state index contributed by atoms with van der Waals surface area (Å²) >= 11 is 11.1. The molecule has 0 saturated carbocycles. The Hall–Kier alpha value is 0.870. The van der Waals surface area contributed by atoms with E-state index in [4.69, 9.17) is 0 Å².